The maximum absolute atomic E-state index is 11.8. The van der Waals surface area contributed by atoms with Gasteiger partial charge in [-0.3, -0.25) is 4.79 Å². The molecule has 0 aliphatic carbocycles. The van der Waals surface area contributed by atoms with Crippen LogP contribution < -0.4 is 11.1 Å². The summed E-state index contributed by atoms with van der Waals surface area (Å²) in [5, 5.41) is 2.70. The van der Waals surface area contributed by atoms with E-state index in [-0.39, 0.29) is 25.5 Å². The Kier molecular flexibility index (Phi) is 7.37. The maximum atomic E-state index is 11.8. The van der Waals surface area contributed by atoms with Crippen molar-refractivity contribution in [2.45, 2.75) is 19.8 Å². The lowest BCUT2D eigenvalue weighted by molar-refractivity contribution is -0.117. The topological polar surface area (TPSA) is 64.3 Å². The molecule has 0 aliphatic heterocycles. The Morgan fingerprint density at radius 3 is 2.86 bits per heavy atom. The molecule has 0 saturated heterocycles. The van der Waals surface area contributed by atoms with E-state index in [9.17, 15) is 13.6 Å². The molecule has 0 aromatic heterocycles. The van der Waals surface area contributed by atoms with Gasteiger partial charge in [0.2, 0.25) is 5.91 Å². The molecule has 0 saturated carbocycles. The zero-order chi connectivity index (χ0) is 15.7. The lowest BCUT2D eigenvalue weighted by atomic mass is 10.1. The summed E-state index contributed by atoms with van der Waals surface area (Å²) in [5.41, 5.74) is 7.63. The van der Waals surface area contributed by atoms with Crippen molar-refractivity contribution >= 4 is 11.6 Å². The van der Waals surface area contributed by atoms with Gasteiger partial charge in [0.1, 0.15) is 6.61 Å². The first kappa shape index (κ1) is 17.1. The van der Waals surface area contributed by atoms with Crippen molar-refractivity contribution in [1.29, 1.82) is 0 Å². The number of nitrogens with two attached hydrogens (primary N) is 1. The van der Waals surface area contributed by atoms with E-state index in [4.69, 9.17) is 5.73 Å². The highest BCUT2D eigenvalue weighted by Gasteiger charge is 2.07. The molecule has 114 valence electrons. The molecule has 0 spiro atoms. The summed E-state index contributed by atoms with van der Waals surface area (Å²) in [6.07, 6.45) is -2.49. The maximum Gasteiger partial charge on any atom is 0.261 e. The first-order valence-electron chi connectivity index (χ1n) is 6.48. The number of alkyl halides is 2. The second-order valence-corrected chi connectivity index (χ2v) is 4.30. The number of aryl methyl sites for hydroxylation is 1. The predicted octanol–water partition coefficient (Wildman–Crippen LogP) is 1.92. The summed E-state index contributed by atoms with van der Waals surface area (Å²) in [6, 6.07) is 5.36. The van der Waals surface area contributed by atoms with Gasteiger partial charge in [-0.25, -0.2) is 8.78 Å². The fraction of sp³-hybridized carbons (Fsp3) is 0.400. The van der Waals surface area contributed by atoms with Gasteiger partial charge >= 0.3 is 0 Å². The molecule has 1 aromatic carbocycles. The Balaban J connectivity index is 2.49. The number of amides is 1. The van der Waals surface area contributed by atoms with Crippen LogP contribution in [0.25, 0.3) is 0 Å². The summed E-state index contributed by atoms with van der Waals surface area (Å²) in [4.78, 5) is 11.6. The van der Waals surface area contributed by atoms with Gasteiger partial charge in [-0.2, -0.15) is 0 Å². The van der Waals surface area contributed by atoms with Gasteiger partial charge in [-0.1, -0.05) is 11.8 Å². The third kappa shape index (κ3) is 6.84. The average molecular weight is 296 g/mol. The van der Waals surface area contributed by atoms with Gasteiger partial charge in [0.15, 0.2) is 0 Å². The number of nitrogens with one attached hydrogen (secondary N) is 1. The van der Waals surface area contributed by atoms with E-state index in [0.717, 1.165) is 11.1 Å². The highest BCUT2D eigenvalue weighted by atomic mass is 19.3. The van der Waals surface area contributed by atoms with E-state index in [2.05, 4.69) is 21.9 Å². The highest BCUT2D eigenvalue weighted by molar-refractivity contribution is 5.91. The molecule has 0 heterocycles. The number of carbonyl (C=O) groups excluding carboxylic acids is 1. The Morgan fingerprint density at radius 1 is 1.48 bits per heavy atom. The normalized spacial score (nSPS) is 10.1. The molecule has 0 aliphatic rings. The number of benzene rings is 1. The Hall–Kier alpha value is -1.97. The molecule has 0 atom stereocenters. The smallest absolute Gasteiger partial charge is 0.261 e. The lowest BCUT2D eigenvalue weighted by Gasteiger charge is -2.09. The van der Waals surface area contributed by atoms with Crippen LogP contribution in [-0.4, -0.2) is 32.1 Å². The molecular formula is C15H18F2N2O2. The number of hydrogen-bond donors (Lipinski definition) is 2. The van der Waals surface area contributed by atoms with Crippen molar-refractivity contribution in [3.8, 4) is 11.8 Å². The SMILES string of the molecule is Cc1cc(C#CCN)ccc1NC(=O)CCOCC(F)F. The molecule has 0 unspecified atom stereocenters. The quantitative estimate of drug-likeness (QED) is 0.622. The molecule has 0 bridgehead atoms. The largest absolute Gasteiger partial charge is 0.375 e. The minimum atomic E-state index is -2.52. The van der Waals surface area contributed by atoms with Gasteiger partial charge in [-0.15, -0.1) is 0 Å². The van der Waals surface area contributed by atoms with Gasteiger partial charge in [-0.05, 0) is 30.7 Å². The third-order valence-electron chi connectivity index (χ3n) is 2.55. The summed E-state index contributed by atoms with van der Waals surface area (Å²) in [7, 11) is 0. The van der Waals surface area contributed by atoms with Crippen molar-refractivity contribution in [3.63, 3.8) is 0 Å². The predicted molar refractivity (Wildman–Crippen MR) is 77.2 cm³/mol. The number of carbonyl (C=O) groups is 1. The van der Waals surface area contributed by atoms with Crippen LogP contribution in [0, 0.1) is 18.8 Å². The molecule has 21 heavy (non-hydrogen) atoms. The number of ether oxygens (including phenoxy) is 1. The van der Waals surface area contributed by atoms with Crippen molar-refractivity contribution in [2.75, 3.05) is 25.1 Å². The van der Waals surface area contributed by atoms with Crippen molar-refractivity contribution in [3.05, 3.63) is 29.3 Å². The van der Waals surface area contributed by atoms with E-state index in [1.54, 1.807) is 12.1 Å². The lowest BCUT2D eigenvalue weighted by Crippen LogP contribution is -2.16. The van der Waals surface area contributed by atoms with Gasteiger partial charge in [0, 0.05) is 11.3 Å². The van der Waals surface area contributed by atoms with Crippen LogP contribution in [0.3, 0.4) is 0 Å². The molecule has 3 N–H and O–H groups in total. The van der Waals surface area contributed by atoms with Crippen LogP contribution in [-0.2, 0) is 9.53 Å². The minimum absolute atomic E-state index is 0.0287. The van der Waals surface area contributed by atoms with Crippen LogP contribution in [0.2, 0.25) is 0 Å². The Morgan fingerprint density at radius 2 is 2.24 bits per heavy atom. The highest BCUT2D eigenvalue weighted by Crippen LogP contribution is 2.16. The molecule has 1 aromatic rings. The molecule has 0 radical (unpaired) electrons. The molecule has 0 fully saturated rings. The summed E-state index contributed by atoms with van der Waals surface area (Å²) in [5.74, 6) is 5.36. The van der Waals surface area contributed by atoms with Crippen LogP contribution in [0.15, 0.2) is 18.2 Å². The molecular weight excluding hydrogens is 278 g/mol. The summed E-state index contributed by atoms with van der Waals surface area (Å²) in [6.45, 7) is 1.45. The number of anilines is 1. The van der Waals surface area contributed by atoms with Gasteiger partial charge < -0.3 is 15.8 Å². The van der Waals surface area contributed by atoms with E-state index in [0.29, 0.717) is 5.69 Å². The standard InChI is InChI=1S/C15H18F2N2O2/c1-11-9-12(3-2-7-18)4-5-13(11)19-15(20)6-8-21-10-14(16)17/h4-5,9,14H,6-8,10,18H2,1H3,(H,19,20). The fourth-order valence-electron chi connectivity index (χ4n) is 1.58. The van der Waals surface area contributed by atoms with E-state index < -0.39 is 13.0 Å². The monoisotopic (exact) mass is 296 g/mol. The van der Waals surface area contributed by atoms with Crippen LogP contribution in [0.1, 0.15) is 17.5 Å². The second-order valence-electron chi connectivity index (χ2n) is 4.30. The van der Waals surface area contributed by atoms with Crippen LogP contribution >= 0.6 is 0 Å². The second kappa shape index (κ2) is 9.06. The van der Waals surface area contributed by atoms with Crippen molar-refractivity contribution in [1.82, 2.24) is 0 Å². The van der Waals surface area contributed by atoms with Crippen molar-refractivity contribution < 1.29 is 18.3 Å². The Bertz CT molecular complexity index is 536. The van der Waals surface area contributed by atoms with Gasteiger partial charge in [0.25, 0.3) is 6.43 Å². The first-order chi connectivity index (χ1) is 10.0. The van der Waals surface area contributed by atoms with E-state index in [1.807, 2.05) is 13.0 Å². The average Bonchev–Trinajstić information content (AvgIpc) is 2.44. The zero-order valence-corrected chi connectivity index (χ0v) is 11.8. The molecule has 1 rings (SSSR count). The zero-order valence-electron chi connectivity index (χ0n) is 11.8. The van der Waals surface area contributed by atoms with Gasteiger partial charge in [0.05, 0.1) is 19.6 Å². The summed E-state index contributed by atoms with van der Waals surface area (Å²) >= 11 is 0. The first-order valence-corrected chi connectivity index (χ1v) is 6.48. The number of rotatable bonds is 6. The Labute approximate surface area is 122 Å². The van der Waals surface area contributed by atoms with E-state index in [1.165, 1.54) is 0 Å². The number of halogens is 2. The molecule has 6 heteroatoms. The summed E-state index contributed by atoms with van der Waals surface area (Å²) < 4.78 is 28.3. The van der Waals surface area contributed by atoms with E-state index >= 15 is 0 Å². The molecule has 1 amide bonds. The number of hydrogen-bond acceptors (Lipinski definition) is 3. The van der Waals surface area contributed by atoms with Crippen LogP contribution in [0.4, 0.5) is 14.5 Å². The third-order valence-corrected chi connectivity index (χ3v) is 2.55. The molecule has 4 nitrogen and oxygen atoms in total. The minimum Gasteiger partial charge on any atom is -0.375 e. The van der Waals surface area contributed by atoms with Crippen LogP contribution in [0.5, 0.6) is 0 Å². The van der Waals surface area contributed by atoms with Crippen molar-refractivity contribution in [2.24, 2.45) is 5.73 Å². The fourth-order valence-corrected chi connectivity index (χ4v) is 1.58.